The van der Waals surface area contributed by atoms with Crippen LogP contribution in [0.5, 0.6) is 11.5 Å². The molecule has 1 atom stereocenters. The molecule has 0 saturated carbocycles. The summed E-state index contributed by atoms with van der Waals surface area (Å²) >= 11 is 6.21. The number of nitrogens with one attached hydrogen (secondary N) is 1. The van der Waals surface area contributed by atoms with Gasteiger partial charge in [-0.3, -0.25) is 10.5 Å². The fourth-order valence-corrected chi connectivity index (χ4v) is 2.37. The molecule has 0 radical (unpaired) electrons. The van der Waals surface area contributed by atoms with Crippen LogP contribution in [0.4, 0.5) is 0 Å². The van der Waals surface area contributed by atoms with Gasteiger partial charge in [-0.2, -0.15) is 5.10 Å². The first kappa shape index (κ1) is 14.6. The Bertz CT molecular complexity index is 600. The fourth-order valence-electron chi connectivity index (χ4n) is 2.08. The number of aryl methyl sites for hydroxylation is 1. The van der Waals surface area contributed by atoms with E-state index < -0.39 is 0 Å². The van der Waals surface area contributed by atoms with Crippen molar-refractivity contribution in [1.82, 2.24) is 15.2 Å². The summed E-state index contributed by atoms with van der Waals surface area (Å²) in [6.45, 7) is 0. The third kappa shape index (κ3) is 2.72. The molecular formula is C13H17ClN4O2. The number of hydrazine groups is 1. The highest BCUT2D eigenvalue weighted by Crippen LogP contribution is 2.38. The zero-order valence-electron chi connectivity index (χ0n) is 11.6. The van der Waals surface area contributed by atoms with Crippen molar-refractivity contribution in [2.24, 2.45) is 12.9 Å². The lowest BCUT2D eigenvalue weighted by atomic mass is 10.0. The maximum atomic E-state index is 6.21. The van der Waals surface area contributed by atoms with Gasteiger partial charge in [-0.15, -0.1) is 0 Å². The predicted molar refractivity (Wildman–Crippen MR) is 76.9 cm³/mol. The normalized spacial score (nSPS) is 12.2. The Hall–Kier alpha value is -1.76. The first-order valence-electron chi connectivity index (χ1n) is 5.96. The number of nitrogens with zero attached hydrogens (tertiary/aromatic N) is 2. The van der Waals surface area contributed by atoms with Gasteiger partial charge in [0.05, 0.1) is 31.5 Å². The molecule has 1 unspecified atom stereocenters. The van der Waals surface area contributed by atoms with E-state index in [1.165, 1.54) is 0 Å². The lowest BCUT2D eigenvalue weighted by Gasteiger charge is -2.18. The largest absolute Gasteiger partial charge is 0.493 e. The standard InChI is InChI=1S/C13H17ClN4O2/c1-18-7-9(6-16-18)12(17-15)8-4-10(14)13(20-3)11(5-8)19-2/h4-7,12,17H,15H2,1-3H3. The molecule has 1 heterocycles. The Morgan fingerprint density at radius 1 is 1.30 bits per heavy atom. The number of hydrogen-bond donors (Lipinski definition) is 2. The molecule has 3 N–H and O–H groups in total. The molecule has 2 rings (SSSR count). The van der Waals surface area contributed by atoms with E-state index in [4.69, 9.17) is 26.9 Å². The summed E-state index contributed by atoms with van der Waals surface area (Å²) in [5, 5.41) is 4.61. The first-order chi connectivity index (χ1) is 9.60. The molecule has 0 aliphatic rings. The van der Waals surface area contributed by atoms with E-state index in [2.05, 4.69) is 10.5 Å². The minimum absolute atomic E-state index is 0.235. The second-order valence-corrected chi connectivity index (χ2v) is 4.69. The van der Waals surface area contributed by atoms with Crippen molar-refractivity contribution in [2.45, 2.75) is 6.04 Å². The van der Waals surface area contributed by atoms with Gasteiger partial charge in [0, 0.05) is 18.8 Å². The van der Waals surface area contributed by atoms with Crippen LogP contribution in [-0.2, 0) is 7.05 Å². The van der Waals surface area contributed by atoms with Gasteiger partial charge >= 0.3 is 0 Å². The molecule has 6 nitrogen and oxygen atoms in total. The third-order valence-electron chi connectivity index (χ3n) is 3.01. The smallest absolute Gasteiger partial charge is 0.179 e. The van der Waals surface area contributed by atoms with Crippen molar-refractivity contribution in [2.75, 3.05) is 14.2 Å². The van der Waals surface area contributed by atoms with E-state index in [0.29, 0.717) is 16.5 Å². The Balaban J connectivity index is 2.47. The Morgan fingerprint density at radius 3 is 2.55 bits per heavy atom. The first-order valence-corrected chi connectivity index (χ1v) is 6.34. The van der Waals surface area contributed by atoms with Crippen molar-refractivity contribution < 1.29 is 9.47 Å². The summed E-state index contributed by atoms with van der Waals surface area (Å²) in [6, 6.07) is 3.39. The van der Waals surface area contributed by atoms with Gasteiger partial charge in [-0.1, -0.05) is 11.6 Å². The minimum atomic E-state index is -0.235. The van der Waals surface area contributed by atoms with E-state index in [0.717, 1.165) is 11.1 Å². The quantitative estimate of drug-likeness (QED) is 0.648. The lowest BCUT2D eigenvalue weighted by molar-refractivity contribution is 0.354. The monoisotopic (exact) mass is 296 g/mol. The highest BCUT2D eigenvalue weighted by atomic mass is 35.5. The average Bonchev–Trinajstić information content (AvgIpc) is 2.85. The van der Waals surface area contributed by atoms with Crippen LogP contribution in [0.3, 0.4) is 0 Å². The van der Waals surface area contributed by atoms with Gasteiger partial charge in [0.2, 0.25) is 0 Å². The highest BCUT2D eigenvalue weighted by Gasteiger charge is 2.19. The van der Waals surface area contributed by atoms with Gasteiger partial charge in [-0.25, -0.2) is 5.43 Å². The maximum Gasteiger partial charge on any atom is 0.179 e. The molecule has 7 heteroatoms. The summed E-state index contributed by atoms with van der Waals surface area (Å²) in [4.78, 5) is 0. The molecule has 0 saturated heterocycles. The summed E-state index contributed by atoms with van der Waals surface area (Å²) in [7, 11) is 4.95. The predicted octanol–water partition coefficient (Wildman–Crippen LogP) is 1.64. The minimum Gasteiger partial charge on any atom is -0.493 e. The van der Waals surface area contributed by atoms with E-state index in [9.17, 15) is 0 Å². The number of rotatable bonds is 5. The molecule has 0 spiro atoms. The van der Waals surface area contributed by atoms with Crippen LogP contribution in [0.1, 0.15) is 17.2 Å². The van der Waals surface area contributed by atoms with Crippen LogP contribution < -0.4 is 20.7 Å². The summed E-state index contributed by atoms with van der Waals surface area (Å²) in [5.41, 5.74) is 4.55. The van der Waals surface area contributed by atoms with Crippen molar-refractivity contribution in [3.05, 3.63) is 40.7 Å². The molecule has 1 aromatic heterocycles. The van der Waals surface area contributed by atoms with Crippen LogP contribution in [0.15, 0.2) is 24.5 Å². The Kier molecular flexibility index (Phi) is 4.49. The average molecular weight is 297 g/mol. The van der Waals surface area contributed by atoms with Gasteiger partial charge in [0.25, 0.3) is 0 Å². The van der Waals surface area contributed by atoms with Gasteiger partial charge in [0.15, 0.2) is 11.5 Å². The summed E-state index contributed by atoms with van der Waals surface area (Å²) < 4.78 is 12.2. The van der Waals surface area contributed by atoms with Crippen LogP contribution in [-0.4, -0.2) is 24.0 Å². The maximum absolute atomic E-state index is 6.21. The second-order valence-electron chi connectivity index (χ2n) is 4.29. The molecule has 0 fully saturated rings. The van der Waals surface area contributed by atoms with E-state index in [1.54, 1.807) is 31.2 Å². The molecule has 0 aliphatic heterocycles. The number of nitrogens with two attached hydrogens (primary N) is 1. The van der Waals surface area contributed by atoms with Crippen LogP contribution >= 0.6 is 11.6 Å². The fraction of sp³-hybridized carbons (Fsp3) is 0.308. The molecule has 0 bridgehead atoms. The number of aromatic nitrogens is 2. The molecule has 1 aromatic carbocycles. The van der Waals surface area contributed by atoms with Crippen molar-refractivity contribution in [1.29, 1.82) is 0 Å². The number of methoxy groups -OCH3 is 2. The summed E-state index contributed by atoms with van der Waals surface area (Å²) in [6.07, 6.45) is 3.63. The topological polar surface area (TPSA) is 74.3 Å². The van der Waals surface area contributed by atoms with E-state index in [1.807, 2.05) is 19.3 Å². The van der Waals surface area contributed by atoms with Crippen molar-refractivity contribution >= 4 is 11.6 Å². The molecule has 2 aromatic rings. The van der Waals surface area contributed by atoms with Crippen LogP contribution in [0.25, 0.3) is 0 Å². The van der Waals surface area contributed by atoms with Gasteiger partial charge in [0.1, 0.15) is 0 Å². The van der Waals surface area contributed by atoms with E-state index >= 15 is 0 Å². The molecule has 0 aliphatic carbocycles. The zero-order valence-corrected chi connectivity index (χ0v) is 12.3. The number of halogens is 1. The molecule has 20 heavy (non-hydrogen) atoms. The second kappa shape index (κ2) is 6.13. The zero-order chi connectivity index (χ0) is 14.7. The molecular weight excluding hydrogens is 280 g/mol. The van der Waals surface area contributed by atoms with Crippen molar-refractivity contribution in [3.8, 4) is 11.5 Å². The lowest BCUT2D eigenvalue weighted by Crippen LogP contribution is -2.28. The SMILES string of the molecule is COc1cc(C(NN)c2cnn(C)c2)cc(Cl)c1OC. The van der Waals surface area contributed by atoms with Crippen molar-refractivity contribution in [3.63, 3.8) is 0 Å². The molecule has 108 valence electrons. The van der Waals surface area contributed by atoms with Gasteiger partial charge < -0.3 is 9.47 Å². The number of ether oxygens (including phenoxy) is 2. The van der Waals surface area contributed by atoms with Crippen LogP contribution in [0.2, 0.25) is 5.02 Å². The van der Waals surface area contributed by atoms with Gasteiger partial charge in [-0.05, 0) is 17.7 Å². The Morgan fingerprint density at radius 2 is 2.05 bits per heavy atom. The van der Waals surface area contributed by atoms with Crippen LogP contribution in [0, 0.1) is 0 Å². The Labute approximate surface area is 122 Å². The third-order valence-corrected chi connectivity index (χ3v) is 3.29. The number of benzene rings is 1. The molecule has 0 amide bonds. The summed E-state index contributed by atoms with van der Waals surface area (Å²) in [5.74, 6) is 6.71. The highest BCUT2D eigenvalue weighted by molar-refractivity contribution is 6.32. The number of hydrogen-bond acceptors (Lipinski definition) is 5. The van der Waals surface area contributed by atoms with E-state index in [-0.39, 0.29) is 6.04 Å².